The van der Waals surface area contributed by atoms with Crippen LogP contribution in [0.2, 0.25) is 0 Å². The van der Waals surface area contributed by atoms with Gasteiger partial charge < -0.3 is 9.72 Å². The van der Waals surface area contributed by atoms with Gasteiger partial charge in [-0.25, -0.2) is 4.79 Å². The summed E-state index contributed by atoms with van der Waals surface area (Å²) < 4.78 is 4.72. The Labute approximate surface area is 108 Å². The van der Waals surface area contributed by atoms with Crippen LogP contribution in [-0.2, 0) is 11.3 Å². The lowest BCUT2D eigenvalue weighted by Crippen LogP contribution is -2.32. The summed E-state index contributed by atoms with van der Waals surface area (Å²) in [7, 11) is 1.41. The fourth-order valence-corrected chi connectivity index (χ4v) is 2.45. The zero-order valence-corrected chi connectivity index (χ0v) is 11.5. The van der Waals surface area contributed by atoms with Crippen molar-refractivity contribution in [3.8, 4) is 0 Å². The van der Waals surface area contributed by atoms with Crippen molar-refractivity contribution in [1.29, 1.82) is 0 Å². The topological polar surface area (TPSA) is 45.3 Å². The fourth-order valence-electron chi connectivity index (χ4n) is 2.45. The molecule has 1 fully saturated rings. The van der Waals surface area contributed by atoms with Gasteiger partial charge in [0.2, 0.25) is 0 Å². The third kappa shape index (κ3) is 2.93. The molecule has 18 heavy (non-hydrogen) atoms. The molecule has 0 aromatic carbocycles. The Hall–Kier alpha value is -1.29. The maximum atomic E-state index is 11.4. The first-order valence-corrected chi connectivity index (χ1v) is 6.59. The molecule has 4 heteroatoms. The first-order chi connectivity index (χ1) is 8.60. The Morgan fingerprint density at radius 3 is 2.78 bits per heavy atom. The minimum Gasteiger partial charge on any atom is -0.464 e. The molecular weight excluding hydrogens is 228 g/mol. The number of rotatable bonds is 3. The summed E-state index contributed by atoms with van der Waals surface area (Å²) >= 11 is 0. The van der Waals surface area contributed by atoms with Crippen molar-refractivity contribution in [3.63, 3.8) is 0 Å². The summed E-state index contributed by atoms with van der Waals surface area (Å²) in [4.78, 5) is 17.0. The Balaban J connectivity index is 2.01. The highest BCUT2D eigenvalue weighted by Crippen LogP contribution is 2.20. The van der Waals surface area contributed by atoms with E-state index in [1.54, 1.807) is 0 Å². The molecule has 0 atom stereocenters. The second kappa shape index (κ2) is 5.57. The standard InChI is InChI=1S/C14H22N2O2/c1-10-4-6-16(7-5-10)9-12-8-13(14(17)18-3)15-11(12)2/h8,10,15H,4-7,9H2,1-3H3. The second-order valence-corrected chi connectivity index (χ2v) is 5.28. The van der Waals surface area contributed by atoms with Gasteiger partial charge >= 0.3 is 5.97 Å². The van der Waals surface area contributed by atoms with E-state index in [-0.39, 0.29) is 5.97 Å². The van der Waals surface area contributed by atoms with E-state index in [9.17, 15) is 4.79 Å². The lowest BCUT2D eigenvalue weighted by Gasteiger charge is -2.30. The smallest absolute Gasteiger partial charge is 0.354 e. The second-order valence-electron chi connectivity index (χ2n) is 5.28. The molecule has 0 aliphatic carbocycles. The molecule has 1 aromatic rings. The van der Waals surface area contributed by atoms with Crippen LogP contribution in [-0.4, -0.2) is 36.1 Å². The van der Waals surface area contributed by atoms with Crippen molar-refractivity contribution in [1.82, 2.24) is 9.88 Å². The van der Waals surface area contributed by atoms with E-state index in [1.807, 2.05) is 13.0 Å². The maximum absolute atomic E-state index is 11.4. The highest BCUT2D eigenvalue weighted by molar-refractivity contribution is 5.87. The molecule has 0 radical (unpaired) electrons. The number of nitrogens with zero attached hydrogens (tertiary/aromatic N) is 1. The molecule has 0 spiro atoms. The Bertz CT molecular complexity index is 417. The fraction of sp³-hybridized carbons (Fsp3) is 0.643. The minimum absolute atomic E-state index is 0.295. The molecular formula is C14H22N2O2. The zero-order chi connectivity index (χ0) is 13.1. The quantitative estimate of drug-likeness (QED) is 0.837. The Morgan fingerprint density at radius 1 is 1.50 bits per heavy atom. The molecule has 1 aromatic heterocycles. The number of carbonyl (C=O) groups is 1. The van der Waals surface area contributed by atoms with Crippen molar-refractivity contribution in [3.05, 3.63) is 23.0 Å². The van der Waals surface area contributed by atoms with Crippen molar-refractivity contribution >= 4 is 5.97 Å². The molecule has 2 heterocycles. The summed E-state index contributed by atoms with van der Waals surface area (Å²) in [6.45, 7) is 7.55. The SMILES string of the molecule is COC(=O)c1cc(CN2CCC(C)CC2)c(C)[nH]1. The van der Waals surface area contributed by atoms with E-state index in [4.69, 9.17) is 4.74 Å². The molecule has 0 unspecified atom stereocenters. The largest absolute Gasteiger partial charge is 0.464 e. The number of carbonyl (C=O) groups excluding carboxylic acids is 1. The van der Waals surface area contributed by atoms with Crippen LogP contribution in [0.15, 0.2) is 6.07 Å². The van der Waals surface area contributed by atoms with E-state index in [0.29, 0.717) is 5.69 Å². The number of H-pyrrole nitrogens is 1. The molecule has 2 rings (SSSR count). The van der Waals surface area contributed by atoms with Crippen molar-refractivity contribution in [2.45, 2.75) is 33.2 Å². The van der Waals surface area contributed by atoms with Crippen LogP contribution in [0.25, 0.3) is 0 Å². The van der Waals surface area contributed by atoms with E-state index in [0.717, 1.165) is 31.2 Å². The number of esters is 1. The number of aromatic amines is 1. The van der Waals surface area contributed by atoms with Gasteiger partial charge in [0.25, 0.3) is 0 Å². The third-order valence-corrected chi connectivity index (χ3v) is 3.80. The molecule has 1 aliphatic heterocycles. The van der Waals surface area contributed by atoms with Crippen LogP contribution in [0.3, 0.4) is 0 Å². The predicted octanol–water partition coefficient (Wildman–Crippen LogP) is 2.34. The van der Waals surface area contributed by atoms with Crippen LogP contribution in [0, 0.1) is 12.8 Å². The van der Waals surface area contributed by atoms with Gasteiger partial charge in [-0.3, -0.25) is 4.90 Å². The van der Waals surface area contributed by atoms with Crippen molar-refractivity contribution in [2.75, 3.05) is 20.2 Å². The molecule has 1 N–H and O–H groups in total. The molecule has 0 bridgehead atoms. The lowest BCUT2D eigenvalue weighted by atomic mass is 9.99. The number of aryl methyl sites for hydroxylation is 1. The van der Waals surface area contributed by atoms with Crippen LogP contribution >= 0.6 is 0 Å². The Morgan fingerprint density at radius 2 is 2.17 bits per heavy atom. The van der Waals surface area contributed by atoms with Crippen molar-refractivity contribution < 1.29 is 9.53 Å². The number of piperidine rings is 1. The van der Waals surface area contributed by atoms with Crippen LogP contribution in [0.5, 0.6) is 0 Å². The van der Waals surface area contributed by atoms with E-state index in [2.05, 4.69) is 16.8 Å². The minimum atomic E-state index is -0.295. The van der Waals surface area contributed by atoms with E-state index < -0.39 is 0 Å². The third-order valence-electron chi connectivity index (χ3n) is 3.80. The predicted molar refractivity (Wildman–Crippen MR) is 70.5 cm³/mol. The highest BCUT2D eigenvalue weighted by atomic mass is 16.5. The summed E-state index contributed by atoms with van der Waals surface area (Å²) in [5.41, 5.74) is 2.81. The number of hydrogen-bond acceptors (Lipinski definition) is 3. The average Bonchev–Trinajstić information content (AvgIpc) is 2.73. The first kappa shape index (κ1) is 13.1. The number of likely N-dealkylation sites (tertiary alicyclic amines) is 1. The number of hydrogen-bond donors (Lipinski definition) is 1. The monoisotopic (exact) mass is 250 g/mol. The van der Waals surface area contributed by atoms with Gasteiger partial charge in [0, 0.05) is 12.2 Å². The molecule has 0 saturated carbocycles. The number of aromatic nitrogens is 1. The summed E-state index contributed by atoms with van der Waals surface area (Å²) in [5.74, 6) is 0.552. The molecule has 4 nitrogen and oxygen atoms in total. The molecule has 1 aliphatic rings. The van der Waals surface area contributed by atoms with Gasteiger partial charge in [-0.2, -0.15) is 0 Å². The van der Waals surface area contributed by atoms with Gasteiger partial charge in [0.15, 0.2) is 0 Å². The maximum Gasteiger partial charge on any atom is 0.354 e. The molecule has 1 saturated heterocycles. The van der Waals surface area contributed by atoms with Gasteiger partial charge in [-0.05, 0) is 50.4 Å². The normalized spacial score (nSPS) is 17.9. The lowest BCUT2D eigenvalue weighted by molar-refractivity contribution is 0.0594. The Kier molecular flexibility index (Phi) is 4.07. The molecule has 100 valence electrons. The summed E-state index contributed by atoms with van der Waals surface area (Å²) in [6.07, 6.45) is 2.54. The highest BCUT2D eigenvalue weighted by Gasteiger charge is 2.18. The summed E-state index contributed by atoms with van der Waals surface area (Å²) in [5, 5.41) is 0. The van der Waals surface area contributed by atoms with Crippen LogP contribution in [0.4, 0.5) is 0 Å². The average molecular weight is 250 g/mol. The first-order valence-electron chi connectivity index (χ1n) is 6.59. The van der Waals surface area contributed by atoms with Crippen molar-refractivity contribution in [2.24, 2.45) is 5.92 Å². The number of methoxy groups -OCH3 is 1. The number of nitrogens with one attached hydrogen (secondary N) is 1. The van der Waals surface area contributed by atoms with Gasteiger partial charge in [-0.15, -0.1) is 0 Å². The van der Waals surface area contributed by atoms with E-state index in [1.165, 1.54) is 25.5 Å². The van der Waals surface area contributed by atoms with Gasteiger partial charge in [0.1, 0.15) is 5.69 Å². The van der Waals surface area contributed by atoms with Gasteiger partial charge in [0.05, 0.1) is 7.11 Å². The number of ether oxygens (including phenoxy) is 1. The van der Waals surface area contributed by atoms with Crippen LogP contribution < -0.4 is 0 Å². The van der Waals surface area contributed by atoms with Crippen LogP contribution in [0.1, 0.15) is 41.5 Å². The van der Waals surface area contributed by atoms with Gasteiger partial charge in [-0.1, -0.05) is 6.92 Å². The zero-order valence-electron chi connectivity index (χ0n) is 11.5. The molecule has 0 amide bonds. The van der Waals surface area contributed by atoms with E-state index >= 15 is 0 Å². The summed E-state index contributed by atoms with van der Waals surface area (Å²) in [6, 6.07) is 1.92.